The summed E-state index contributed by atoms with van der Waals surface area (Å²) in [5, 5.41) is 2.83. The molecule has 2 aromatic carbocycles. The van der Waals surface area contributed by atoms with Crippen LogP contribution in [-0.4, -0.2) is 46.1 Å². The first kappa shape index (κ1) is 24.5. The van der Waals surface area contributed by atoms with E-state index in [2.05, 4.69) is 5.32 Å². The molecule has 0 spiro atoms. The summed E-state index contributed by atoms with van der Waals surface area (Å²) in [4.78, 5) is 43.5. The fourth-order valence-electron chi connectivity index (χ4n) is 4.99. The first-order valence-corrected chi connectivity index (χ1v) is 13.4. The lowest BCUT2D eigenvalue weighted by molar-refractivity contribution is -0.124. The molecule has 9 heteroatoms. The average molecular weight is 522 g/mol. The molecule has 2 aromatic rings. The van der Waals surface area contributed by atoms with Crippen molar-refractivity contribution in [2.45, 2.75) is 45.1 Å². The van der Waals surface area contributed by atoms with Gasteiger partial charge in [-0.25, -0.2) is 0 Å². The molecule has 5 rings (SSSR count). The molecule has 2 fully saturated rings. The van der Waals surface area contributed by atoms with E-state index in [9.17, 15) is 14.4 Å². The molecule has 1 N–H and O–H groups in total. The number of amides is 3. The van der Waals surface area contributed by atoms with Crippen LogP contribution in [-0.2, 0) is 14.4 Å². The van der Waals surface area contributed by atoms with Crippen LogP contribution in [0.25, 0.3) is 5.57 Å². The normalized spacial score (nSPS) is 20.2. The number of rotatable bonds is 6. The largest absolute Gasteiger partial charge is 0.494 e. The molecule has 0 radical (unpaired) electrons. The maximum absolute atomic E-state index is 13.6. The Labute approximate surface area is 219 Å². The van der Waals surface area contributed by atoms with Crippen molar-refractivity contribution in [2.75, 3.05) is 23.4 Å². The van der Waals surface area contributed by atoms with E-state index in [1.165, 1.54) is 23.1 Å². The number of hydrogen-bond acceptors (Lipinski definition) is 6. The average Bonchev–Trinajstić information content (AvgIpc) is 3.32. The van der Waals surface area contributed by atoms with Gasteiger partial charge in [-0.15, -0.1) is 0 Å². The summed E-state index contributed by atoms with van der Waals surface area (Å²) in [5.74, 6) is -0.175. The summed E-state index contributed by atoms with van der Waals surface area (Å²) in [6.45, 7) is 2.29. The Balaban J connectivity index is 1.38. The molecule has 2 heterocycles. The van der Waals surface area contributed by atoms with E-state index in [0.29, 0.717) is 44.1 Å². The fourth-order valence-corrected chi connectivity index (χ4v) is 6.46. The minimum atomic E-state index is -0.359. The minimum absolute atomic E-state index is 0.0899. The van der Waals surface area contributed by atoms with Gasteiger partial charge in [0, 0.05) is 17.3 Å². The quantitative estimate of drug-likeness (QED) is 0.427. The van der Waals surface area contributed by atoms with E-state index in [1.54, 1.807) is 35.2 Å². The maximum atomic E-state index is 13.6. The number of thiocarbonyl (C=S) groups is 1. The molecular formula is C27H27N3O4S2. The number of nitrogens with one attached hydrogen (secondary N) is 1. The molecule has 1 aliphatic carbocycles. The molecule has 36 heavy (non-hydrogen) atoms. The lowest BCUT2D eigenvalue weighted by atomic mass is 9.94. The summed E-state index contributed by atoms with van der Waals surface area (Å²) < 4.78 is 5.94. The number of carbonyl (C=O) groups excluding carboxylic acids is 3. The topological polar surface area (TPSA) is 79.0 Å². The van der Waals surface area contributed by atoms with Gasteiger partial charge >= 0.3 is 0 Å². The molecule has 0 aromatic heterocycles. The molecule has 0 atom stereocenters. The summed E-state index contributed by atoms with van der Waals surface area (Å²) >= 11 is 6.78. The lowest BCUT2D eigenvalue weighted by Gasteiger charge is -2.29. The van der Waals surface area contributed by atoms with Crippen LogP contribution in [0.4, 0.5) is 11.4 Å². The second-order valence-corrected chi connectivity index (χ2v) is 10.6. The predicted molar refractivity (Wildman–Crippen MR) is 146 cm³/mol. The summed E-state index contributed by atoms with van der Waals surface area (Å²) in [7, 11) is 0. The van der Waals surface area contributed by atoms with Crippen molar-refractivity contribution >= 4 is 63.0 Å². The number of anilines is 2. The summed E-state index contributed by atoms with van der Waals surface area (Å²) in [5.41, 5.74) is 2.20. The molecule has 186 valence electrons. The molecule has 7 nitrogen and oxygen atoms in total. The first-order valence-electron chi connectivity index (χ1n) is 12.2. The van der Waals surface area contributed by atoms with E-state index in [-0.39, 0.29) is 30.3 Å². The van der Waals surface area contributed by atoms with Gasteiger partial charge in [0.1, 0.15) is 16.6 Å². The molecule has 1 saturated heterocycles. The first-order chi connectivity index (χ1) is 17.5. The zero-order valence-electron chi connectivity index (χ0n) is 20.0. The zero-order valence-corrected chi connectivity index (χ0v) is 21.6. The van der Waals surface area contributed by atoms with Gasteiger partial charge in [-0.2, -0.15) is 0 Å². The highest BCUT2D eigenvalue weighted by Gasteiger charge is 2.44. The van der Waals surface area contributed by atoms with Gasteiger partial charge in [0.15, 0.2) is 0 Å². The number of para-hydroxylation sites is 1. The van der Waals surface area contributed by atoms with Crippen LogP contribution in [0.3, 0.4) is 0 Å². The number of benzene rings is 2. The van der Waals surface area contributed by atoms with Crippen molar-refractivity contribution in [2.24, 2.45) is 0 Å². The van der Waals surface area contributed by atoms with Gasteiger partial charge in [0.05, 0.1) is 22.8 Å². The van der Waals surface area contributed by atoms with Gasteiger partial charge in [-0.1, -0.05) is 61.4 Å². The molecule has 2 aliphatic heterocycles. The second kappa shape index (κ2) is 10.4. The van der Waals surface area contributed by atoms with E-state index < -0.39 is 0 Å². The van der Waals surface area contributed by atoms with E-state index in [0.717, 1.165) is 25.7 Å². The van der Waals surface area contributed by atoms with Crippen LogP contribution >= 0.6 is 24.0 Å². The van der Waals surface area contributed by atoms with Crippen molar-refractivity contribution in [3.8, 4) is 5.75 Å². The monoisotopic (exact) mass is 521 g/mol. The number of hydrogen-bond donors (Lipinski definition) is 1. The standard InChI is InChI=1S/C27H27N3O4S2/c1-2-34-19-14-12-17(13-15-19)28-22(31)16-29-21-11-7-6-10-20(21)23(25(29)32)24-26(33)30(27(35)36-24)18-8-4-3-5-9-18/h6-7,10-15,18H,2-5,8-9,16H2,1H3,(H,28,31)/b24-23-. The fraction of sp³-hybridized carbons (Fsp3) is 0.333. The molecule has 0 bridgehead atoms. The minimum Gasteiger partial charge on any atom is -0.494 e. The molecule has 0 unspecified atom stereocenters. The van der Waals surface area contributed by atoms with Gasteiger partial charge in [-0.3, -0.25) is 24.2 Å². The van der Waals surface area contributed by atoms with E-state index in [4.69, 9.17) is 17.0 Å². The number of fused-ring (bicyclic) bond motifs is 1. The Bertz CT molecular complexity index is 1250. The van der Waals surface area contributed by atoms with E-state index in [1.807, 2.05) is 25.1 Å². The van der Waals surface area contributed by atoms with Crippen LogP contribution in [0.1, 0.15) is 44.6 Å². The predicted octanol–water partition coefficient (Wildman–Crippen LogP) is 4.97. The third-order valence-electron chi connectivity index (χ3n) is 6.64. The summed E-state index contributed by atoms with van der Waals surface area (Å²) in [6, 6.07) is 14.4. The smallest absolute Gasteiger partial charge is 0.267 e. The molecular weight excluding hydrogens is 494 g/mol. The zero-order chi connectivity index (χ0) is 25.2. The van der Waals surface area contributed by atoms with Crippen molar-refractivity contribution < 1.29 is 19.1 Å². The molecule has 3 aliphatic rings. The number of carbonyl (C=O) groups is 3. The highest BCUT2D eigenvalue weighted by molar-refractivity contribution is 8.26. The van der Waals surface area contributed by atoms with E-state index >= 15 is 0 Å². The van der Waals surface area contributed by atoms with Crippen LogP contribution in [0, 0.1) is 0 Å². The number of ether oxygens (including phenoxy) is 1. The third-order valence-corrected chi connectivity index (χ3v) is 8.04. The SMILES string of the molecule is CCOc1ccc(NC(=O)CN2C(=O)/C(=C3\SC(=S)N(C4CCCCC4)C3=O)c3ccccc32)cc1. The maximum Gasteiger partial charge on any atom is 0.267 e. The van der Waals surface area contributed by atoms with Crippen LogP contribution in [0.5, 0.6) is 5.75 Å². The Morgan fingerprint density at radius 1 is 1.06 bits per heavy atom. The highest BCUT2D eigenvalue weighted by atomic mass is 32.2. The number of thioether (sulfide) groups is 1. The second-order valence-electron chi connectivity index (χ2n) is 8.95. The molecule has 3 amide bonds. The Morgan fingerprint density at radius 2 is 1.78 bits per heavy atom. The van der Waals surface area contributed by atoms with Crippen molar-refractivity contribution in [3.05, 3.63) is 59.0 Å². The van der Waals surface area contributed by atoms with Crippen LogP contribution in [0.2, 0.25) is 0 Å². The molecule has 1 saturated carbocycles. The Hall–Kier alpha value is -3.17. The van der Waals surface area contributed by atoms with Gasteiger partial charge in [-0.05, 0) is 50.1 Å². The van der Waals surface area contributed by atoms with Gasteiger partial charge < -0.3 is 10.1 Å². The third kappa shape index (κ3) is 4.65. The van der Waals surface area contributed by atoms with Gasteiger partial charge in [0.2, 0.25) is 5.91 Å². The Kier molecular flexibility index (Phi) is 7.11. The van der Waals surface area contributed by atoms with Gasteiger partial charge in [0.25, 0.3) is 11.8 Å². The van der Waals surface area contributed by atoms with Crippen molar-refractivity contribution in [1.29, 1.82) is 0 Å². The number of nitrogens with zero attached hydrogens (tertiary/aromatic N) is 2. The Morgan fingerprint density at radius 3 is 2.50 bits per heavy atom. The van der Waals surface area contributed by atoms with Crippen molar-refractivity contribution in [3.63, 3.8) is 0 Å². The highest BCUT2D eigenvalue weighted by Crippen LogP contribution is 2.45. The van der Waals surface area contributed by atoms with Crippen LogP contribution in [0.15, 0.2) is 53.4 Å². The lowest BCUT2D eigenvalue weighted by Crippen LogP contribution is -2.40. The van der Waals surface area contributed by atoms with Crippen LogP contribution < -0.4 is 15.0 Å². The summed E-state index contributed by atoms with van der Waals surface area (Å²) in [6.07, 6.45) is 5.18. The van der Waals surface area contributed by atoms with Crippen molar-refractivity contribution in [1.82, 2.24) is 4.90 Å².